The minimum Gasteiger partial charge on any atom is -0.495 e. The molecule has 0 bridgehead atoms. The van der Waals surface area contributed by atoms with E-state index in [1.807, 2.05) is 0 Å². The van der Waals surface area contributed by atoms with E-state index in [-0.39, 0.29) is 17.6 Å². The molecule has 2 amide bonds. The molecule has 29 heavy (non-hydrogen) atoms. The number of hydrogen-bond donors (Lipinski definition) is 2. The Kier molecular flexibility index (Phi) is 6.68. The molecule has 9 nitrogen and oxygen atoms in total. The van der Waals surface area contributed by atoms with Gasteiger partial charge in [0, 0.05) is 44.1 Å². The Morgan fingerprint density at radius 1 is 1.10 bits per heavy atom. The van der Waals surface area contributed by atoms with Gasteiger partial charge in [0.15, 0.2) is 0 Å². The van der Waals surface area contributed by atoms with Gasteiger partial charge < -0.3 is 14.5 Å². The summed E-state index contributed by atoms with van der Waals surface area (Å²) in [6.07, 6.45) is 2.93. The normalized spacial score (nSPS) is 15.0. The van der Waals surface area contributed by atoms with E-state index < -0.39 is 11.3 Å². The van der Waals surface area contributed by atoms with Crippen LogP contribution in [0.3, 0.4) is 0 Å². The van der Waals surface area contributed by atoms with Gasteiger partial charge >= 0.3 is 0 Å². The molecule has 0 aliphatic carbocycles. The van der Waals surface area contributed by atoms with Crippen molar-refractivity contribution >= 4 is 40.4 Å². The summed E-state index contributed by atoms with van der Waals surface area (Å²) in [6, 6.07) is 6.13. The van der Waals surface area contributed by atoms with Crippen LogP contribution < -0.4 is 9.46 Å². The number of anilines is 1. The van der Waals surface area contributed by atoms with Crippen molar-refractivity contribution < 1.29 is 23.1 Å². The van der Waals surface area contributed by atoms with Crippen molar-refractivity contribution in [1.82, 2.24) is 14.8 Å². The van der Waals surface area contributed by atoms with Gasteiger partial charge in [-0.15, -0.1) is 0 Å². The average molecular weight is 439 g/mol. The average Bonchev–Trinajstić information content (AvgIpc) is 2.72. The molecule has 3 rings (SSSR count). The van der Waals surface area contributed by atoms with Gasteiger partial charge in [-0.3, -0.25) is 23.8 Å². The summed E-state index contributed by atoms with van der Waals surface area (Å²) < 4.78 is 27.4. The van der Waals surface area contributed by atoms with Crippen LogP contribution in [-0.4, -0.2) is 68.6 Å². The maximum absolute atomic E-state index is 12.8. The Bertz CT molecular complexity index is 950. The van der Waals surface area contributed by atoms with Crippen molar-refractivity contribution in [2.75, 3.05) is 38.0 Å². The molecule has 2 N–H and O–H groups in total. The summed E-state index contributed by atoms with van der Waals surface area (Å²) in [6.45, 7) is 1.53. The van der Waals surface area contributed by atoms with Crippen LogP contribution in [-0.2, 0) is 11.3 Å². The van der Waals surface area contributed by atoms with Crippen molar-refractivity contribution in [2.24, 2.45) is 0 Å². The zero-order valence-corrected chi connectivity index (χ0v) is 17.1. The maximum Gasteiger partial charge on any atom is 0.259 e. The molecule has 154 valence electrons. The van der Waals surface area contributed by atoms with Crippen LogP contribution in [0.5, 0.6) is 5.75 Å². The highest BCUT2D eigenvalue weighted by atomic mass is 35.5. The van der Waals surface area contributed by atoms with Gasteiger partial charge in [0.2, 0.25) is 0 Å². The fraction of sp³-hybridized carbons (Fsp3) is 0.278. The molecule has 0 spiro atoms. The Balaban J connectivity index is 1.65. The lowest BCUT2D eigenvalue weighted by Gasteiger charge is -2.35. The number of nitrogens with one attached hydrogen (secondary N) is 1. The fourth-order valence-electron chi connectivity index (χ4n) is 3.01. The number of piperazine rings is 1. The quantitative estimate of drug-likeness (QED) is 0.689. The van der Waals surface area contributed by atoms with Crippen LogP contribution in [0, 0.1) is 0 Å². The van der Waals surface area contributed by atoms with E-state index in [0.717, 1.165) is 0 Å². The first-order valence-electron chi connectivity index (χ1n) is 8.63. The highest BCUT2D eigenvalue weighted by Crippen LogP contribution is 2.26. The summed E-state index contributed by atoms with van der Waals surface area (Å²) >= 11 is 3.64. The molecule has 11 heteroatoms. The van der Waals surface area contributed by atoms with E-state index in [1.54, 1.807) is 21.9 Å². The number of carbonyl (C=O) groups excluding carboxylic acids is 2. The first-order chi connectivity index (χ1) is 13.9. The molecule has 1 aliphatic rings. The monoisotopic (exact) mass is 438 g/mol. The number of aromatic nitrogens is 1. The summed E-state index contributed by atoms with van der Waals surface area (Å²) in [5, 5.41) is 0.390. The van der Waals surface area contributed by atoms with Crippen LogP contribution in [0.15, 0.2) is 36.7 Å². The van der Waals surface area contributed by atoms with E-state index in [0.29, 0.717) is 48.0 Å². The van der Waals surface area contributed by atoms with Crippen molar-refractivity contribution in [1.29, 1.82) is 0 Å². The number of rotatable bonds is 5. The van der Waals surface area contributed by atoms with E-state index in [2.05, 4.69) is 9.71 Å². The number of amides is 2. The number of methoxy groups -OCH3 is 1. The zero-order valence-electron chi connectivity index (χ0n) is 15.5. The number of carbonyl (C=O) groups is 2. The summed E-state index contributed by atoms with van der Waals surface area (Å²) in [5.41, 5.74) is 1.09. The Morgan fingerprint density at radius 3 is 2.28 bits per heavy atom. The fourth-order valence-corrected chi connectivity index (χ4v) is 3.54. The molecule has 1 fully saturated rings. The minimum absolute atomic E-state index is 0.179. The summed E-state index contributed by atoms with van der Waals surface area (Å²) in [5.74, 6) is -0.113. The molecule has 0 saturated carbocycles. The zero-order chi connectivity index (χ0) is 21.0. The largest absolute Gasteiger partial charge is 0.495 e. The standard InChI is InChI=1S/C18H19ClN4O5S/c1-28-16-9-12(2-3-15(16)21-29(26)27)17(24)22-4-6-23(7-5-22)18(25)13-8-14(19)11-20-10-13/h2-3,8-11,21H,4-7H2,1H3,(H,26,27). The summed E-state index contributed by atoms with van der Waals surface area (Å²) in [7, 11) is 1.41. The van der Waals surface area contributed by atoms with Gasteiger partial charge in [-0.2, -0.15) is 0 Å². The maximum atomic E-state index is 12.8. The van der Waals surface area contributed by atoms with Gasteiger partial charge in [0.05, 0.1) is 23.4 Å². The Labute approximate surface area is 175 Å². The van der Waals surface area contributed by atoms with E-state index in [4.69, 9.17) is 20.9 Å². The number of hydrogen-bond acceptors (Lipinski definition) is 5. The second kappa shape index (κ2) is 9.21. The molecule has 1 unspecified atom stereocenters. The molecule has 1 saturated heterocycles. The second-order valence-corrected chi connectivity index (χ2v) is 7.38. The Morgan fingerprint density at radius 2 is 1.72 bits per heavy atom. The summed E-state index contributed by atoms with van der Waals surface area (Å²) in [4.78, 5) is 32.6. The van der Waals surface area contributed by atoms with E-state index in [1.165, 1.54) is 31.6 Å². The lowest BCUT2D eigenvalue weighted by molar-refractivity contribution is 0.0535. The van der Waals surface area contributed by atoms with Crippen molar-refractivity contribution in [2.45, 2.75) is 0 Å². The van der Waals surface area contributed by atoms with Gasteiger partial charge in [0.25, 0.3) is 23.1 Å². The molecular weight excluding hydrogens is 420 g/mol. The molecule has 0 radical (unpaired) electrons. The van der Waals surface area contributed by atoms with Gasteiger partial charge in [-0.05, 0) is 24.3 Å². The van der Waals surface area contributed by atoms with E-state index in [9.17, 15) is 13.8 Å². The van der Waals surface area contributed by atoms with Gasteiger partial charge in [-0.1, -0.05) is 11.6 Å². The minimum atomic E-state index is -2.25. The SMILES string of the molecule is COc1cc(C(=O)N2CCN(C(=O)c3cncc(Cl)c3)CC2)ccc1NS(=O)O. The van der Waals surface area contributed by atoms with Crippen LogP contribution in [0.25, 0.3) is 0 Å². The van der Waals surface area contributed by atoms with Crippen LogP contribution in [0.4, 0.5) is 5.69 Å². The number of halogens is 1. The van der Waals surface area contributed by atoms with Gasteiger partial charge in [0.1, 0.15) is 5.75 Å². The molecule has 1 aromatic heterocycles. The molecule has 1 aromatic carbocycles. The topological polar surface area (TPSA) is 112 Å². The number of pyridine rings is 1. The first-order valence-corrected chi connectivity index (χ1v) is 10.1. The third-order valence-corrected chi connectivity index (χ3v) is 5.05. The molecular formula is C18H19ClN4O5S. The van der Waals surface area contributed by atoms with Crippen LogP contribution >= 0.6 is 11.6 Å². The molecule has 1 atom stereocenters. The molecule has 2 heterocycles. The predicted molar refractivity (Wildman–Crippen MR) is 108 cm³/mol. The lowest BCUT2D eigenvalue weighted by atomic mass is 10.1. The molecule has 2 aromatic rings. The third-order valence-electron chi connectivity index (χ3n) is 4.45. The highest BCUT2D eigenvalue weighted by Gasteiger charge is 2.26. The highest BCUT2D eigenvalue weighted by molar-refractivity contribution is 7.80. The predicted octanol–water partition coefficient (Wildman–Crippen LogP) is 1.89. The first kappa shape index (κ1) is 21.0. The molecule has 1 aliphatic heterocycles. The van der Waals surface area contributed by atoms with Crippen LogP contribution in [0.2, 0.25) is 5.02 Å². The number of nitrogens with zero attached hydrogens (tertiary/aromatic N) is 3. The van der Waals surface area contributed by atoms with Crippen molar-refractivity contribution in [3.05, 3.63) is 52.8 Å². The Hall–Kier alpha value is -2.69. The van der Waals surface area contributed by atoms with E-state index >= 15 is 0 Å². The smallest absolute Gasteiger partial charge is 0.259 e. The van der Waals surface area contributed by atoms with Crippen molar-refractivity contribution in [3.63, 3.8) is 0 Å². The second-order valence-electron chi connectivity index (χ2n) is 6.24. The number of ether oxygens (including phenoxy) is 1. The van der Waals surface area contributed by atoms with Crippen molar-refractivity contribution in [3.8, 4) is 5.75 Å². The van der Waals surface area contributed by atoms with Gasteiger partial charge in [-0.25, -0.2) is 4.21 Å². The third kappa shape index (κ3) is 5.03. The lowest BCUT2D eigenvalue weighted by Crippen LogP contribution is -2.50. The van der Waals surface area contributed by atoms with Crippen LogP contribution in [0.1, 0.15) is 20.7 Å². The number of benzene rings is 1.